The zero-order valence-corrected chi connectivity index (χ0v) is 14.8. The molecule has 3 rings (SSSR count). The topological polar surface area (TPSA) is 63.7 Å². The SMILES string of the molecule is Cc1nn(-c2cnc(OCC(C)C)c(Cl)c2)c2cc(F)c(C#N)cc12. The number of nitriles is 1. The van der Waals surface area contributed by atoms with Crippen LogP contribution in [0.3, 0.4) is 0 Å². The minimum Gasteiger partial charge on any atom is -0.476 e. The molecule has 128 valence electrons. The summed E-state index contributed by atoms with van der Waals surface area (Å²) in [6, 6.07) is 6.31. The van der Waals surface area contributed by atoms with Crippen molar-refractivity contribution in [3.05, 3.63) is 46.5 Å². The average Bonchev–Trinajstić information content (AvgIpc) is 2.88. The number of pyridine rings is 1. The zero-order chi connectivity index (χ0) is 18.1. The molecular weight excluding hydrogens is 343 g/mol. The first-order valence-corrected chi connectivity index (χ1v) is 8.16. The molecule has 0 atom stereocenters. The minimum atomic E-state index is -0.591. The highest BCUT2D eigenvalue weighted by Gasteiger charge is 2.15. The second-order valence-corrected chi connectivity index (χ2v) is 6.55. The van der Waals surface area contributed by atoms with Crippen LogP contribution in [0.25, 0.3) is 16.6 Å². The van der Waals surface area contributed by atoms with Crippen molar-refractivity contribution >= 4 is 22.5 Å². The van der Waals surface area contributed by atoms with Crippen molar-refractivity contribution in [2.75, 3.05) is 6.61 Å². The van der Waals surface area contributed by atoms with Gasteiger partial charge in [0.2, 0.25) is 5.88 Å². The quantitative estimate of drug-likeness (QED) is 0.692. The van der Waals surface area contributed by atoms with Crippen LogP contribution < -0.4 is 4.74 Å². The van der Waals surface area contributed by atoms with E-state index in [1.807, 2.05) is 19.9 Å². The van der Waals surface area contributed by atoms with Crippen molar-refractivity contribution < 1.29 is 9.13 Å². The summed E-state index contributed by atoms with van der Waals surface area (Å²) in [6.07, 6.45) is 1.57. The van der Waals surface area contributed by atoms with Crippen molar-refractivity contribution in [1.82, 2.24) is 14.8 Å². The third-order valence-corrected chi connectivity index (χ3v) is 3.94. The normalized spacial score (nSPS) is 11.1. The summed E-state index contributed by atoms with van der Waals surface area (Å²) >= 11 is 6.25. The number of aryl methyl sites for hydroxylation is 1. The summed E-state index contributed by atoms with van der Waals surface area (Å²) in [7, 11) is 0. The number of rotatable bonds is 4. The van der Waals surface area contributed by atoms with Gasteiger partial charge in [-0.2, -0.15) is 10.4 Å². The lowest BCUT2D eigenvalue weighted by Gasteiger charge is -2.10. The van der Waals surface area contributed by atoms with Gasteiger partial charge in [0, 0.05) is 11.5 Å². The Hall–Kier alpha value is -2.65. The van der Waals surface area contributed by atoms with Crippen LogP contribution in [-0.2, 0) is 0 Å². The van der Waals surface area contributed by atoms with Crippen molar-refractivity contribution in [3.63, 3.8) is 0 Å². The number of fused-ring (bicyclic) bond motifs is 1. The molecule has 3 aromatic rings. The van der Waals surface area contributed by atoms with Gasteiger partial charge in [-0.3, -0.25) is 0 Å². The maximum atomic E-state index is 14.0. The van der Waals surface area contributed by atoms with Gasteiger partial charge in [-0.05, 0) is 25.0 Å². The van der Waals surface area contributed by atoms with Crippen LogP contribution in [0.1, 0.15) is 25.1 Å². The summed E-state index contributed by atoms with van der Waals surface area (Å²) in [5.41, 5.74) is 1.80. The summed E-state index contributed by atoms with van der Waals surface area (Å²) in [5, 5.41) is 14.5. The first-order valence-electron chi connectivity index (χ1n) is 7.78. The van der Waals surface area contributed by atoms with Crippen molar-refractivity contribution in [2.24, 2.45) is 5.92 Å². The molecule has 0 bridgehead atoms. The highest BCUT2D eigenvalue weighted by Crippen LogP contribution is 2.28. The van der Waals surface area contributed by atoms with E-state index in [0.717, 1.165) is 0 Å². The van der Waals surface area contributed by atoms with Crippen molar-refractivity contribution in [1.29, 1.82) is 5.26 Å². The zero-order valence-electron chi connectivity index (χ0n) is 14.0. The van der Waals surface area contributed by atoms with E-state index < -0.39 is 5.82 Å². The summed E-state index contributed by atoms with van der Waals surface area (Å²) in [6.45, 7) is 6.38. The fourth-order valence-electron chi connectivity index (χ4n) is 2.45. The standard InChI is InChI=1S/C18H16ClFN4O/c1-10(2)9-25-18-15(19)5-13(8-22-18)24-17-6-16(20)12(7-21)4-14(17)11(3)23-24/h4-6,8,10H,9H2,1-3H3. The molecule has 7 heteroatoms. The fourth-order valence-corrected chi connectivity index (χ4v) is 2.67. The molecule has 0 amide bonds. The predicted octanol–water partition coefficient (Wildman–Crippen LogP) is 4.43. The molecule has 2 heterocycles. The highest BCUT2D eigenvalue weighted by molar-refractivity contribution is 6.32. The van der Waals surface area contributed by atoms with Gasteiger partial charge in [-0.25, -0.2) is 14.1 Å². The van der Waals surface area contributed by atoms with E-state index in [-0.39, 0.29) is 5.56 Å². The number of halogens is 2. The number of nitrogens with zero attached hydrogens (tertiary/aromatic N) is 4. The van der Waals surface area contributed by atoms with E-state index in [2.05, 4.69) is 10.1 Å². The molecule has 0 aliphatic rings. The van der Waals surface area contributed by atoms with Gasteiger partial charge < -0.3 is 4.74 Å². The average molecular weight is 359 g/mol. The summed E-state index contributed by atoms with van der Waals surface area (Å²) < 4.78 is 21.1. The molecule has 0 aliphatic heterocycles. The van der Waals surface area contributed by atoms with Crippen LogP contribution in [0.4, 0.5) is 4.39 Å². The number of ether oxygens (including phenoxy) is 1. The van der Waals surface area contributed by atoms with Crippen LogP contribution >= 0.6 is 11.6 Å². The molecular formula is C18H16ClFN4O. The van der Waals surface area contributed by atoms with Gasteiger partial charge in [-0.1, -0.05) is 25.4 Å². The molecule has 1 aromatic carbocycles. The Balaban J connectivity index is 2.06. The Morgan fingerprint density at radius 2 is 2.12 bits per heavy atom. The van der Waals surface area contributed by atoms with Gasteiger partial charge in [0.15, 0.2) is 0 Å². The summed E-state index contributed by atoms with van der Waals surface area (Å²) in [5.74, 6) is 0.116. The second kappa shape index (κ2) is 6.69. The van der Waals surface area contributed by atoms with Crippen molar-refractivity contribution in [3.8, 4) is 17.6 Å². The molecule has 0 radical (unpaired) electrons. The van der Waals surface area contributed by atoms with E-state index in [1.165, 1.54) is 12.1 Å². The first-order chi connectivity index (χ1) is 11.9. The number of aromatic nitrogens is 3. The molecule has 2 aromatic heterocycles. The van der Waals surface area contributed by atoms with E-state index in [4.69, 9.17) is 21.6 Å². The Morgan fingerprint density at radius 3 is 2.76 bits per heavy atom. The molecule has 0 aliphatic carbocycles. The lowest BCUT2D eigenvalue weighted by Crippen LogP contribution is -2.07. The van der Waals surface area contributed by atoms with Gasteiger partial charge in [0.05, 0.1) is 35.3 Å². The Morgan fingerprint density at radius 1 is 1.36 bits per heavy atom. The molecule has 0 saturated heterocycles. The highest BCUT2D eigenvalue weighted by atomic mass is 35.5. The molecule has 0 fully saturated rings. The third kappa shape index (κ3) is 3.28. The van der Waals surface area contributed by atoms with Gasteiger partial charge in [-0.15, -0.1) is 0 Å². The van der Waals surface area contributed by atoms with Crippen LogP contribution in [0.15, 0.2) is 24.4 Å². The van der Waals surface area contributed by atoms with Crippen LogP contribution in [0, 0.1) is 30.0 Å². The Labute approximate surface area is 149 Å². The predicted molar refractivity (Wildman–Crippen MR) is 93.6 cm³/mol. The second-order valence-electron chi connectivity index (χ2n) is 6.14. The molecule has 0 saturated carbocycles. The lowest BCUT2D eigenvalue weighted by atomic mass is 10.1. The van der Waals surface area contributed by atoms with E-state index in [0.29, 0.717) is 45.7 Å². The number of hydrogen-bond donors (Lipinski definition) is 0. The van der Waals surface area contributed by atoms with Gasteiger partial charge in [0.1, 0.15) is 16.9 Å². The van der Waals surface area contributed by atoms with Crippen LogP contribution in [0.2, 0.25) is 5.02 Å². The summed E-state index contributed by atoms with van der Waals surface area (Å²) in [4.78, 5) is 4.24. The molecule has 0 spiro atoms. The number of hydrogen-bond acceptors (Lipinski definition) is 4. The van der Waals surface area contributed by atoms with Gasteiger partial charge in [0.25, 0.3) is 0 Å². The third-order valence-electron chi connectivity index (χ3n) is 3.66. The van der Waals surface area contributed by atoms with Crippen molar-refractivity contribution in [2.45, 2.75) is 20.8 Å². The first kappa shape index (κ1) is 17.2. The lowest BCUT2D eigenvalue weighted by molar-refractivity contribution is 0.261. The van der Waals surface area contributed by atoms with Crippen LogP contribution in [-0.4, -0.2) is 21.4 Å². The molecule has 0 N–H and O–H groups in total. The maximum Gasteiger partial charge on any atom is 0.232 e. The monoisotopic (exact) mass is 358 g/mol. The fraction of sp³-hybridized carbons (Fsp3) is 0.278. The van der Waals surface area contributed by atoms with E-state index in [9.17, 15) is 4.39 Å². The van der Waals surface area contributed by atoms with Crippen LogP contribution in [0.5, 0.6) is 5.88 Å². The molecule has 25 heavy (non-hydrogen) atoms. The molecule has 5 nitrogen and oxygen atoms in total. The maximum absolute atomic E-state index is 14.0. The minimum absolute atomic E-state index is 0.0104. The Bertz CT molecular complexity index is 991. The largest absolute Gasteiger partial charge is 0.476 e. The van der Waals surface area contributed by atoms with E-state index in [1.54, 1.807) is 23.9 Å². The smallest absolute Gasteiger partial charge is 0.232 e. The van der Waals surface area contributed by atoms with Gasteiger partial charge >= 0.3 is 0 Å². The molecule has 0 unspecified atom stereocenters. The number of benzene rings is 1. The Kier molecular flexibility index (Phi) is 4.60. The van der Waals surface area contributed by atoms with E-state index >= 15 is 0 Å².